The van der Waals surface area contributed by atoms with E-state index in [9.17, 15) is 15.3 Å². The van der Waals surface area contributed by atoms with Crippen LogP contribution in [0.25, 0.3) is 0 Å². The Morgan fingerprint density at radius 2 is 1.75 bits per heavy atom. The molecule has 6 heteroatoms. The van der Waals surface area contributed by atoms with Crippen molar-refractivity contribution in [3.05, 3.63) is 0 Å². The van der Waals surface area contributed by atoms with E-state index < -0.39 is 24.6 Å². The number of ether oxygens (including phenoxy) is 2. The van der Waals surface area contributed by atoms with Gasteiger partial charge >= 0.3 is 0 Å². The molecule has 2 fully saturated rings. The van der Waals surface area contributed by atoms with E-state index in [1.807, 2.05) is 0 Å². The first-order chi connectivity index (χ1) is 11.6. The Morgan fingerprint density at radius 1 is 1.12 bits per heavy atom. The first-order valence-electron chi connectivity index (χ1n) is 9.60. The summed E-state index contributed by atoms with van der Waals surface area (Å²) in [7, 11) is 0. The fourth-order valence-corrected chi connectivity index (χ4v) is 3.92. The monoisotopic (exact) mass is 345 g/mol. The third-order valence-electron chi connectivity index (χ3n) is 5.30. The van der Waals surface area contributed by atoms with Crippen LogP contribution < -0.4 is 0 Å². The lowest BCUT2D eigenvalue weighted by molar-refractivity contribution is -0.272. The van der Waals surface area contributed by atoms with Crippen LogP contribution in [0.5, 0.6) is 0 Å². The van der Waals surface area contributed by atoms with Gasteiger partial charge in [-0.3, -0.25) is 0 Å². The van der Waals surface area contributed by atoms with Crippen LogP contribution in [0.3, 0.4) is 0 Å². The van der Waals surface area contributed by atoms with Crippen LogP contribution in [0.1, 0.15) is 58.8 Å². The molecule has 0 saturated carbocycles. The lowest BCUT2D eigenvalue weighted by Gasteiger charge is -2.41. The molecule has 0 aromatic carbocycles. The summed E-state index contributed by atoms with van der Waals surface area (Å²) >= 11 is 0. The molecule has 0 aromatic rings. The molecule has 0 spiro atoms. The highest BCUT2D eigenvalue weighted by Crippen LogP contribution is 2.26. The van der Waals surface area contributed by atoms with E-state index in [1.165, 1.54) is 25.7 Å². The van der Waals surface area contributed by atoms with Crippen LogP contribution >= 0.6 is 0 Å². The molecule has 2 heterocycles. The Kier molecular flexibility index (Phi) is 8.40. The molecule has 0 radical (unpaired) electrons. The zero-order valence-corrected chi connectivity index (χ0v) is 15.1. The Labute approximate surface area is 145 Å². The number of rotatable bonds is 8. The second kappa shape index (κ2) is 10.0. The van der Waals surface area contributed by atoms with Crippen LogP contribution in [-0.4, -0.2) is 76.7 Å². The summed E-state index contributed by atoms with van der Waals surface area (Å²) in [6.45, 7) is 6.26. The molecule has 6 nitrogen and oxygen atoms in total. The molecule has 24 heavy (non-hydrogen) atoms. The van der Waals surface area contributed by atoms with Gasteiger partial charge in [-0.05, 0) is 25.7 Å². The van der Waals surface area contributed by atoms with Gasteiger partial charge in [0.15, 0.2) is 6.29 Å². The molecule has 2 aliphatic rings. The predicted molar refractivity (Wildman–Crippen MR) is 91.7 cm³/mol. The summed E-state index contributed by atoms with van der Waals surface area (Å²) in [6.07, 6.45) is 4.01. The number of aliphatic hydroxyl groups is 3. The molecule has 0 bridgehead atoms. The Bertz CT molecular complexity index is 342. The lowest BCUT2D eigenvalue weighted by Crippen LogP contribution is -2.52. The van der Waals surface area contributed by atoms with Crippen LogP contribution in [0.2, 0.25) is 0 Å². The quantitative estimate of drug-likeness (QED) is 0.614. The third kappa shape index (κ3) is 5.38. The number of hydrogen-bond donors (Lipinski definition) is 3. The second-order valence-corrected chi connectivity index (χ2v) is 7.18. The van der Waals surface area contributed by atoms with E-state index in [2.05, 4.69) is 18.7 Å². The van der Waals surface area contributed by atoms with Gasteiger partial charge in [-0.25, -0.2) is 0 Å². The van der Waals surface area contributed by atoms with Crippen molar-refractivity contribution < 1.29 is 24.8 Å². The smallest absolute Gasteiger partial charge is 0.161 e. The molecule has 2 saturated heterocycles. The molecular formula is C18H35NO5. The first kappa shape index (κ1) is 20.1. The normalized spacial score (nSPS) is 33.2. The van der Waals surface area contributed by atoms with Crippen LogP contribution in [0.15, 0.2) is 0 Å². The third-order valence-corrected chi connectivity index (χ3v) is 5.30. The fourth-order valence-electron chi connectivity index (χ4n) is 3.92. The maximum Gasteiger partial charge on any atom is 0.161 e. The average Bonchev–Trinajstić information content (AvgIpc) is 2.58. The molecular weight excluding hydrogens is 310 g/mol. The summed E-state index contributed by atoms with van der Waals surface area (Å²) < 4.78 is 11.6. The largest absolute Gasteiger partial charge is 0.394 e. The Balaban J connectivity index is 1.78. The van der Waals surface area contributed by atoms with Crippen molar-refractivity contribution in [1.29, 1.82) is 0 Å². The molecule has 142 valence electrons. The van der Waals surface area contributed by atoms with Crippen molar-refractivity contribution in [2.24, 2.45) is 0 Å². The number of hydrogen-bond acceptors (Lipinski definition) is 6. The maximum atomic E-state index is 9.88. The van der Waals surface area contributed by atoms with Gasteiger partial charge in [0.25, 0.3) is 0 Å². The molecule has 0 amide bonds. The summed E-state index contributed by atoms with van der Waals surface area (Å²) in [6, 6.07) is 0.683. The number of likely N-dealkylation sites (tertiary alicyclic amines) is 1. The van der Waals surface area contributed by atoms with Gasteiger partial charge in [-0.15, -0.1) is 0 Å². The van der Waals surface area contributed by atoms with E-state index in [1.54, 1.807) is 0 Å². The number of aliphatic hydroxyl groups excluding tert-OH is 3. The van der Waals surface area contributed by atoms with Gasteiger partial charge in [0.1, 0.15) is 12.2 Å². The van der Waals surface area contributed by atoms with Gasteiger partial charge in [-0.2, -0.15) is 0 Å². The molecule has 3 N–H and O–H groups in total. The molecule has 2 rings (SSSR count). The maximum absolute atomic E-state index is 9.88. The van der Waals surface area contributed by atoms with Crippen molar-refractivity contribution >= 4 is 0 Å². The predicted octanol–water partition coefficient (Wildman–Crippen LogP) is 1.27. The van der Waals surface area contributed by atoms with Crippen LogP contribution in [0, 0.1) is 0 Å². The Morgan fingerprint density at radius 3 is 2.29 bits per heavy atom. The Hall–Kier alpha value is -0.240. The van der Waals surface area contributed by atoms with Gasteiger partial charge in [-0.1, -0.05) is 26.7 Å². The molecule has 4 atom stereocenters. The van der Waals surface area contributed by atoms with E-state index in [0.29, 0.717) is 6.04 Å². The first-order valence-corrected chi connectivity index (χ1v) is 9.60. The van der Waals surface area contributed by atoms with E-state index >= 15 is 0 Å². The van der Waals surface area contributed by atoms with Crippen LogP contribution in [0.4, 0.5) is 0 Å². The van der Waals surface area contributed by atoms with Gasteiger partial charge < -0.3 is 29.7 Å². The minimum Gasteiger partial charge on any atom is -0.394 e. The number of piperidine rings is 1. The SMILES string of the molecule is CCCC(CCC)N1CCC(OC2CC(O)C(O)C(CO)O2)CC1. The van der Waals surface area contributed by atoms with E-state index in [-0.39, 0.29) is 19.1 Å². The summed E-state index contributed by atoms with van der Waals surface area (Å²) in [4.78, 5) is 2.59. The van der Waals surface area contributed by atoms with Crippen molar-refractivity contribution in [2.45, 2.75) is 95.5 Å². The molecule has 0 aliphatic carbocycles. The van der Waals surface area contributed by atoms with Gasteiger partial charge in [0.05, 0.1) is 18.8 Å². The summed E-state index contributed by atoms with van der Waals surface area (Å²) in [5.74, 6) is 0. The topological polar surface area (TPSA) is 82.4 Å². The van der Waals surface area contributed by atoms with Gasteiger partial charge in [0.2, 0.25) is 0 Å². The average molecular weight is 345 g/mol. The van der Waals surface area contributed by atoms with Crippen molar-refractivity contribution in [1.82, 2.24) is 4.90 Å². The number of nitrogens with zero attached hydrogens (tertiary/aromatic N) is 1. The fraction of sp³-hybridized carbons (Fsp3) is 1.00. The minimum atomic E-state index is -1.04. The van der Waals surface area contributed by atoms with Crippen molar-refractivity contribution in [3.63, 3.8) is 0 Å². The van der Waals surface area contributed by atoms with Crippen molar-refractivity contribution in [2.75, 3.05) is 19.7 Å². The summed E-state index contributed by atoms with van der Waals surface area (Å²) in [5, 5.41) is 28.9. The van der Waals surface area contributed by atoms with E-state index in [4.69, 9.17) is 9.47 Å². The molecule has 2 aliphatic heterocycles. The zero-order chi connectivity index (χ0) is 17.5. The van der Waals surface area contributed by atoms with Gasteiger partial charge in [0, 0.05) is 25.6 Å². The minimum absolute atomic E-state index is 0.122. The molecule has 0 aromatic heterocycles. The van der Waals surface area contributed by atoms with Crippen LogP contribution in [-0.2, 0) is 9.47 Å². The standard InChI is InChI=1S/C18H35NO5/c1-3-5-13(6-4-2)19-9-7-14(8-10-19)23-17-11-15(21)18(22)16(12-20)24-17/h13-18,20-22H,3-12H2,1-2H3. The zero-order valence-electron chi connectivity index (χ0n) is 15.1. The highest BCUT2D eigenvalue weighted by atomic mass is 16.7. The lowest BCUT2D eigenvalue weighted by atomic mass is 9.99. The summed E-state index contributed by atoms with van der Waals surface area (Å²) in [5.41, 5.74) is 0. The highest BCUT2D eigenvalue weighted by molar-refractivity contribution is 4.84. The van der Waals surface area contributed by atoms with Crippen molar-refractivity contribution in [3.8, 4) is 0 Å². The van der Waals surface area contributed by atoms with E-state index in [0.717, 1.165) is 25.9 Å². The molecule has 4 unspecified atom stereocenters. The second-order valence-electron chi connectivity index (χ2n) is 7.18. The highest BCUT2D eigenvalue weighted by Gasteiger charge is 2.38.